The Labute approximate surface area is 180 Å². The maximum atomic E-state index is 13.4. The minimum atomic E-state index is -2.71. The SMILES string of the molecule is Cn1c(N2CCCC2c2nc3ccccc3c(=O)n2CC(F)F)nc2c(cnn2C)c1=O. The van der Waals surface area contributed by atoms with Crippen molar-refractivity contribution in [2.75, 3.05) is 11.4 Å². The first-order valence-electron chi connectivity index (χ1n) is 10.3. The Morgan fingerprint density at radius 2 is 1.88 bits per heavy atom. The molecule has 4 aromatic rings. The van der Waals surface area contributed by atoms with Crippen molar-refractivity contribution in [3.8, 4) is 0 Å². The van der Waals surface area contributed by atoms with Crippen LogP contribution < -0.4 is 16.0 Å². The molecule has 1 aliphatic rings. The van der Waals surface area contributed by atoms with Crippen molar-refractivity contribution in [1.82, 2.24) is 28.9 Å². The third kappa shape index (κ3) is 3.07. The topological polar surface area (TPSA) is 90.8 Å². The van der Waals surface area contributed by atoms with Crippen molar-refractivity contribution < 1.29 is 8.78 Å². The fourth-order valence-electron chi connectivity index (χ4n) is 4.44. The molecular weight excluding hydrogens is 420 g/mol. The predicted octanol–water partition coefficient (Wildman–Crippen LogP) is 1.98. The van der Waals surface area contributed by atoms with Gasteiger partial charge in [0.2, 0.25) is 5.95 Å². The lowest BCUT2D eigenvalue weighted by Crippen LogP contribution is -2.36. The van der Waals surface area contributed by atoms with Gasteiger partial charge in [0.1, 0.15) is 11.2 Å². The fraction of sp³-hybridized carbons (Fsp3) is 0.381. The molecule has 0 saturated carbocycles. The molecular formula is C21H21F2N7O2. The Kier molecular flexibility index (Phi) is 4.75. The van der Waals surface area contributed by atoms with E-state index in [0.29, 0.717) is 40.9 Å². The van der Waals surface area contributed by atoms with E-state index in [4.69, 9.17) is 0 Å². The molecule has 3 aromatic heterocycles. The van der Waals surface area contributed by atoms with Crippen LogP contribution in [0.3, 0.4) is 0 Å². The van der Waals surface area contributed by atoms with Crippen LogP contribution in [0.5, 0.6) is 0 Å². The van der Waals surface area contributed by atoms with Crippen LogP contribution in [0.4, 0.5) is 14.7 Å². The average Bonchev–Trinajstić information content (AvgIpc) is 3.39. The molecule has 0 aliphatic carbocycles. The summed E-state index contributed by atoms with van der Waals surface area (Å²) in [5.74, 6) is 0.644. The van der Waals surface area contributed by atoms with Gasteiger partial charge in [-0.1, -0.05) is 12.1 Å². The lowest BCUT2D eigenvalue weighted by molar-refractivity contribution is 0.123. The van der Waals surface area contributed by atoms with Gasteiger partial charge >= 0.3 is 0 Å². The number of para-hydroxylation sites is 1. The van der Waals surface area contributed by atoms with Gasteiger partial charge < -0.3 is 4.90 Å². The second-order valence-corrected chi connectivity index (χ2v) is 7.93. The highest BCUT2D eigenvalue weighted by molar-refractivity contribution is 5.77. The lowest BCUT2D eigenvalue weighted by Gasteiger charge is -2.28. The number of aromatic nitrogens is 6. The van der Waals surface area contributed by atoms with Gasteiger partial charge in [0, 0.05) is 20.6 Å². The molecule has 1 saturated heterocycles. The first-order chi connectivity index (χ1) is 15.4. The number of benzene rings is 1. The van der Waals surface area contributed by atoms with E-state index in [-0.39, 0.29) is 11.4 Å². The zero-order chi connectivity index (χ0) is 22.6. The predicted molar refractivity (Wildman–Crippen MR) is 115 cm³/mol. The van der Waals surface area contributed by atoms with E-state index < -0.39 is 24.6 Å². The van der Waals surface area contributed by atoms with Crippen LogP contribution in [0.15, 0.2) is 40.1 Å². The zero-order valence-electron chi connectivity index (χ0n) is 17.6. The van der Waals surface area contributed by atoms with Gasteiger partial charge in [-0.15, -0.1) is 0 Å². The summed E-state index contributed by atoms with van der Waals surface area (Å²) in [5.41, 5.74) is 0.140. The van der Waals surface area contributed by atoms with Crippen molar-refractivity contribution >= 4 is 27.9 Å². The number of rotatable bonds is 4. The second kappa shape index (κ2) is 7.50. The highest BCUT2D eigenvalue weighted by Gasteiger charge is 2.34. The maximum Gasteiger partial charge on any atom is 0.265 e. The van der Waals surface area contributed by atoms with Gasteiger partial charge in [0.15, 0.2) is 5.65 Å². The lowest BCUT2D eigenvalue weighted by atomic mass is 10.1. The number of nitrogens with zero attached hydrogens (tertiary/aromatic N) is 7. The van der Waals surface area contributed by atoms with E-state index >= 15 is 0 Å². The summed E-state index contributed by atoms with van der Waals surface area (Å²) in [6.07, 6.45) is 0.0907. The summed E-state index contributed by atoms with van der Waals surface area (Å²) in [5, 5.41) is 4.81. The summed E-state index contributed by atoms with van der Waals surface area (Å²) < 4.78 is 30.9. The molecule has 11 heteroatoms. The minimum absolute atomic E-state index is 0.250. The molecule has 32 heavy (non-hydrogen) atoms. The second-order valence-electron chi connectivity index (χ2n) is 7.93. The Bertz CT molecular complexity index is 1460. The molecule has 1 unspecified atom stereocenters. The van der Waals surface area contributed by atoms with Crippen LogP contribution in [0.1, 0.15) is 24.7 Å². The Morgan fingerprint density at radius 3 is 2.66 bits per heavy atom. The molecule has 1 fully saturated rings. The van der Waals surface area contributed by atoms with Crippen LogP contribution in [-0.4, -0.2) is 41.9 Å². The van der Waals surface area contributed by atoms with Crippen LogP contribution >= 0.6 is 0 Å². The quantitative estimate of drug-likeness (QED) is 0.481. The van der Waals surface area contributed by atoms with Crippen LogP contribution in [-0.2, 0) is 20.6 Å². The largest absolute Gasteiger partial charge is 0.332 e. The monoisotopic (exact) mass is 441 g/mol. The van der Waals surface area contributed by atoms with E-state index in [0.717, 1.165) is 11.0 Å². The Morgan fingerprint density at radius 1 is 1.09 bits per heavy atom. The summed E-state index contributed by atoms with van der Waals surface area (Å²) in [4.78, 5) is 37.1. The van der Waals surface area contributed by atoms with E-state index in [1.54, 1.807) is 38.4 Å². The molecule has 0 bridgehead atoms. The fourth-order valence-corrected chi connectivity index (χ4v) is 4.44. The number of hydrogen-bond acceptors (Lipinski definition) is 6. The van der Waals surface area contributed by atoms with Gasteiger partial charge in [-0.05, 0) is 25.0 Å². The smallest absolute Gasteiger partial charge is 0.265 e. The van der Waals surface area contributed by atoms with Gasteiger partial charge in [-0.25, -0.2) is 13.8 Å². The number of aryl methyl sites for hydroxylation is 1. The molecule has 9 nitrogen and oxygen atoms in total. The van der Waals surface area contributed by atoms with Crippen molar-refractivity contribution in [2.24, 2.45) is 14.1 Å². The minimum Gasteiger partial charge on any atom is -0.332 e. The van der Waals surface area contributed by atoms with Crippen LogP contribution in [0.2, 0.25) is 0 Å². The molecule has 0 spiro atoms. The summed E-state index contributed by atoms with van der Waals surface area (Å²) in [6.45, 7) is -0.199. The molecule has 4 heterocycles. The molecule has 0 radical (unpaired) electrons. The Balaban J connectivity index is 1.71. The Hall–Kier alpha value is -3.63. The van der Waals surface area contributed by atoms with Gasteiger partial charge in [-0.2, -0.15) is 10.1 Å². The molecule has 166 valence electrons. The van der Waals surface area contributed by atoms with Crippen molar-refractivity contribution in [2.45, 2.75) is 31.9 Å². The van der Waals surface area contributed by atoms with E-state index in [1.807, 2.05) is 4.90 Å². The van der Waals surface area contributed by atoms with Gasteiger partial charge in [-0.3, -0.25) is 23.4 Å². The molecule has 1 atom stereocenters. The van der Waals surface area contributed by atoms with Crippen LogP contribution in [0, 0.1) is 0 Å². The molecule has 0 N–H and O–H groups in total. The van der Waals surface area contributed by atoms with Crippen molar-refractivity contribution in [1.29, 1.82) is 0 Å². The zero-order valence-corrected chi connectivity index (χ0v) is 17.6. The third-order valence-corrected chi connectivity index (χ3v) is 5.97. The number of hydrogen-bond donors (Lipinski definition) is 0. The first kappa shape index (κ1) is 20.3. The van der Waals surface area contributed by atoms with Gasteiger partial charge in [0.05, 0.1) is 29.7 Å². The third-order valence-electron chi connectivity index (χ3n) is 5.97. The maximum absolute atomic E-state index is 13.4. The number of fused-ring (bicyclic) bond motifs is 2. The van der Waals surface area contributed by atoms with E-state index in [1.165, 1.54) is 15.4 Å². The average molecular weight is 441 g/mol. The highest BCUT2D eigenvalue weighted by atomic mass is 19.3. The standard InChI is InChI=1S/C21H21F2N7O2/c1-27-19(31)13-10-24-28(2)17(13)26-21(27)29-9-5-8-15(29)18-25-14-7-4-3-6-12(14)20(32)30(18)11-16(22)23/h3-4,6-7,10,15-16H,5,8-9,11H2,1-2H3. The molecule has 5 rings (SSSR count). The molecule has 1 aromatic carbocycles. The molecule has 0 amide bonds. The number of anilines is 1. The summed E-state index contributed by atoms with van der Waals surface area (Å²) in [7, 11) is 3.32. The normalized spacial score (nSPS) is 16.7. The summed E-state index contributed by atoms with van der Waals surface area (Å²) in [6, 6.07) is 6.24. The van der Waals surface area contributed by atoms with Crippen molar-refractivity contribution in [3.63, 3.8) is 0 Å². The number of alkyl halides is 2. The first-order valence-corrected chi connectivity index (χ1v) is 10.3. The van der Waals surface area contributed by atoms with Crippen molar-refractivity contribution in [3.05, 3.63) is 57.0 Å². The molecule has 1 aliphatic heterocycles. The van der Waals surface area contributed by atoms with Gasteiger partial charge in [0.25, 0.3) is 17.5 Å². The van der Waals surface area contributed by atoms with E-state index in [2.05, 4.69) is 15.1 Å². The number of halogens is 2. The summed E-state index contributed by atoms with van der Waals surface area (Å²) >= 11 is 0. The van der Waals surface area contributed by atoms with E-state index in [9.17, 15) is 18.4 Å². The highest BCUT2D eigenvalue weighted by Crippen LogP contribution is 2.34. The van der Waals surface area contributed by atoms with Crippen LogP contribution in [0.25, 0.3) is 21.9 Å².